The maximum Gasteiger partial charge on any atom is 0.275 e. The van der Waals surface area contributed by atoms with Gasteiger partial charge < -0.3 is 19.8 Å². The summed E-state index contributed by atoms with van der Waals surface area (Å²) in [5.41, 5.74) is 2.11. The largest absolute Gasteiger partial charge is 0.388 e. The van der Waals surface area contributed by atoms with Gasteiger partial charge in [0.15, 0.2) is 5.69 Å². The number of likely N-dealkylation sites (N-methyl/N-ethyl adjacent to an activating group) is 1. The summed E-state index contributed by atoms with van der Waals surface area (Å²) in [5, 5.41) is 26.8. The molecule has 1 aromatic rings. The zero-order chi connectivity index (χ0) is 15.6. The standard InChI is InChI=1S/C14H23N3O4/c1-4-9-8(3)12(16-15-9)14(20)17(5-2)10-6-21-7-11(18)13(10)19/h10-11,13,18-19H,4-7H2,1-3H3,(H,15,16)/t10-,11-,13+/m1/s1. The van der Waals surface area contributed by atoms with E-state index in [1.54, 1.807) is 0 Å². The lowest BCUT2D eigenvalue weighted by Crippen LogP contribution is -2.57. The number of aryl methyl sites for hydroxylation is 1. The number of carbonyl (C=O) groups excluding carboxylic acids is 1. The molecule has 2 rings (SSSR count). The van der Waals surface area contributed by atoms with E-state index in [4.69, 9.17) is 4.74 Å². The molecular formula is C14H23N3O4. The number of hydrogen-bond donors (Lipinski definition) is 3. The van der Waals surface area contributed by atoms with Crippen molar-refractivity contribution >= 4 is 5.91 Å². The number of carbonyl (C=O) groups is 1. The van der Waals surface area contributed by atoms with Crippen LogP contribution in [0.4, 0.5) is 0 Å². The average Bonchev–Trinajstić information content (AvgIpc) is 2.85. The van der Waals surface area contributed by atoms with E-state index in [9.17, 15) is 15.0 Å². The molecule has 0 radical (unpaired) electrons. The zero-order valence-corrected chi connectivity index (χ0v) is 12.7. The third-order valence-corrected chi connectivity index (χ3v) is 4.03. The molecule has 3 atom stereocenters. The Labute approximate surface area is 123 Å². The molecule has 0 spiro atoms. The van der Waals surface area contributed by atoms with Crippen LogP contribution in [0.25, 0.3) is 0 Å². The van der Waals surface area contributed by atoms with Crippen LogP contribution >= 0.6 is 0 Å². The van der Waals surface area contributed by atoms with Crippen molar-refractivity contribution in [3.8, 4) is 0 Å². The molecule has 0 bridgehead atoms. The Morgan fingerprint density at radius 3 is 2.71 bits per heavy atom. The van der Waals surface area contributed by atoms with E-state index in [-0.39, 0.29) is 19.1 Å². The number of rotatable bonds is 4. The Hall–Kier alpha value is -1.44. The third-order valence-electron chi connectivity index (χ3n) is 4.03. The summed E-state index contributed by atoms with van der Waals surface area (Å²) in [6.45, 7) is 6.37. The molecule has 7 heteroatoms. The molecule has 1 fully saturated rings. The van der Waals surface area contributed by atoms with Gasteiger partial charge in [-0.15, -0.1) is 0 Å². The normalized spacial score (nSPS) is 25.9. The van der Waals surface area contributed by atoms with Crippen molar-refractivity contribution in [2.24, 2.45) is 0 Å². The molecule has 1 aliphatic rings. The predicted octanol–water partition coefficient (Wildman–Crippen LogP) is -0.137. The molecule has 1 amide bonds. The lowest BCUT2D eigenvalue weighted by molar-refractivity contribution is -0.125. The highest BCUT2D eigenvalue weighted by atomic mass is 16.5. The second kappa shape index (κ2) is 6.55. The Morgan fingerprint density at radius 2 is 2.14 bits per heavy atom. The highest BCUT2D eigenvalue weighted by molar-refractivity contribution is 5.94. The Bertz CT molecular complexity index is 502. The minimum absolute atomic E-state index is 0.0881. The van der Waals surface area contributed by atoms with Crippen LogP contribution in [0.5, 0.6) is 0 Å². The molecule has 1 aliphatic heterocycles. The number of ether oxygens (including phenoxy) is 1. The van der Waals surface area contributed by atoms with Gasteiger partial charge in [0.2, 0.25) is 0 Å². The summed E-state index contributed by atoms with van der Waals surface area (Å²) in [4.78, 5) is 14.2. The van der Waals surface area contributed by atoms with Crippen molar-refractivity contribution in [3.05, 3.63) is 17.0 Å². The number of nitrogens with zero attached hydrogens (tertiary/aromatic N) is 2. The second-order valence-electron chi connectivity index (χ2n) is 5.28. The first-order chi connectivity index (χ1) is 10.0. The fourth-order valence-electron chi connectivity index (χ4n) is 2.69. The lowest BCUT2D eigenvalue weighted by atomic mass is 10.0. The van der Waals surface area contributed by atoms with Crippen molar-refractivity contribution in [2.45, 2.75) is 45.4 Å². The van der Waals surface area contributed by atoms with Gasteiger partial charge in [-0.3, -0.25) is 9.89 Å². The summed E-state index contributed by atoms with van der Waals surface area (Å²) in [6, 6.07) is -0.563. The molecule has 3 N–H and O–H groups in total. The highest BCUT2D eigenvalue weighted by Gasteiger charge is 2.38. The third kappa shape index (κ3) is 2.95. The minimum atomic E-state index is -1.01. The van der Waals surface area contributed by atoms with E-state index >= 15 is 0 Å². The number of hydrogen-bond acceptors (Lipinski definition) is 5. The summed E-state index contributed by atoms with van der Waals surface area (Å²) in [5.74, 6) is -0.257. The van der Waals surface area contributed by atoms with Crippen LogP contribution in [-0.4, -0.2) is 69.2 Å². The second-order valence-corrected chi connectivity index (χ2v) is 5.28. The van der Waals surface area contributed by atoms with E-state index in [2.05, 4.69) is 10.2 Å². The molecule has 2 heterocycles. The van der Waals surface area contributed by atoms with E-state index < -0.39 is 18.2 Å². The van der Waals surface area contributed by atoms with Crippen LogP contribution in [0.2, 0.25) is 0 Å². The summed E-state index contributed by atoms with van der Waals surface area (Å²) < 4.78 is 5.26. The molecule has 118 valence electrons. The topological polar surface area (TPSA) is 98.7 Å². The van der Waals surface area contributed by atoms with Crippen LogP contribution < -0.4 is 0 Å². The predicted molar refractivity (Wildman–Crippen MR) is 76.0 cm³/mol. The molecule has 0 unspecified atom stereocenters. The van der Waals surface area contributed by atoms with Crippen LogP contribution in [0.3, 0.4) is 0 Å². The van der Waals surface area contributed by atoms with E-state index in [0.717, 1.165) is 17.7 Å². The molecule has 1 aromatic heterocycles. The van der Waals surface area contributed by atoms with Gasteiger partial charge in [0.1, 0.15) is 12.2 Å². The van der Waals surface area contributed by atoms with Gasteiger partial charge in [0.25, 0.3) is 5.91 Å². The Balaban J connectivity index is 2.23. The quantitative estimate of drug-likeness (QED) is 0.718. The average molecular weight is 297 g/mol. The fraction of sp³-hybridized carbons (Fsp3) is 0.714. The molecule has 21 heavy (non-hydrogen) atoms. The van der Waals surface area contributed by atoms with Gasteiger partial charge in [0, 0.05) is 17.8 Å². The van der Waals surface area contributed by atoms with Gasteiger partial charge >= 0.3 is 0 Å². The van der Waals surface area contributed by atoms with Crippen LogP contribution in [0.15, 0.2) is 0 Å². The van der Waals surface area contributed by atoms with Crippen molar-refractivity contribution in [2.75, 3.05) is 19.8 Å². The zero-order valence-electron chi connectivity index (χ0n) is 12.7. The number of amides is 1. The van der Waals surface area contributed by atoms with Crippen LogP contribution in [0, 0.1) is 6.92 Å². The van der Waals surface area contributed by atoms with E-state index in [1.807, 2.05) is 20.8 Å². The van der Waals surface area contributed by atoms with Crippen molar-refractivity contribution < 1.29 is 19.7 Å². The number of nitrogens with one attached hydrogen (secondary N) is 1. The maximum atomic E-state index is 12.7. The Morgan fingerprint density at radius 1 is 1.43 bits per heavy atom. The number of aromatic nitrogens is 2. The van der Waals surface area contributed by atoms with Gasteiger partial charge in [-0.25, -0.2) is 0 Å². The highest BCUT2D eigenvalue weighted by Crippen LogP contribution is 2.19. The van der Waals surface area contributed by atoms with Gasteiger partial charge in [-0.2, -0.15) is 5.10 Å². The first-order valence-corrected chi connectivity index (χ1v) is 7.29. The molecule has 0 aliphatic carbocycles. The summed E-state index contributed by atoms with van der Waals surface area (Å²) in [7, 11) is 0. The van der Waals surface area contributed by atoms with Gasteiger partial charge in [0.05, 0.1) is 19.3 Å². The SMILES string of the molecule is CCc1[nH]nc(C(=O)N(CC)[C@@H]2COC[C@@H](O)[C@H]2O)c1C. The monoisotopic (exact) mass is 297 g/mol. The number of H-pyrrole nitrogens is 1. The minimum Gasteiger partial charge on any atom is -0.388 e. The number of aromatic amines is 1. The van der Waals surface area contributed by atoms with E-state index in [1.165, 1.54) is 4.90 Å². The first-order valence-electron chi connectivity index (χ1n) is 7.29. The first kappa shape index (κ1) is 15.9. The van der Waals surface area contributed by atoms with Gasteiger partial charge in [-0.1, -0.05) is 6.92 Å². The summed E-state index contributed by atoms with van der Waals surface area (Å²) in [6.07, 6.45) is -1.21. The smallest absolute Gasteiger partial charge is 0.275 e. The maximum absolute atomic E-state index is 12.7. The molecular weight excluding hydrogens is 274 g/mol. The Kier molecular flexibility index (Phi) is 4.97. The molecule has 7 nitrogen and oxygen atoms in total. The van der Waals surface area contributed by atoms with Crippen molar-refractivity contribution in [1.29, 1.82) is 0 Å². The lowest BCUT2D eigenvalue weighted by Gasteiger charge is -2.38. The van der Waals surface area contributed by atoms with Gasteiger partial charge in [-0.05, 0) is 20.3 Å². The summed E-state index contributed by atoms with van der Waals surface area (Å²) >= 11 is 0. The molecule has 0 aromatic carbocycles. The number of aliphatic hydroxyl groups is 2. The van der Waals surface area contributed by atoms with E-state index in [0.29, 0.717) is 12.2 Å². The fourth-order valence-corrected chi connectivity index (χ4v) is 2.69. The number of aliphatic hydroxyl groups excluding tert-OH is 2. The van der Waals surface area contributed by atoms with Crippen molar-refractivity contribution in [1.82, 2.24) is 15.1 Å². The van der Waals surface area contributed by atoms with Crippen LogP contribution in [0.1, 0.15) is 35.6 Å². The molecule has 0 saturated carbocycles. The van der Waals surface area contributed by atoms with Crippen molar-refractivity contribution in [3.63, 3.8) is 0 Å². The van der Waals surface area contributed by atoms with Crippen LogP contribution in [-0.2, 0) is 11.2 Å². The molecule has 1 saturated heterocycles.